The predicted molar refractivity (Wildman–Crippen MR) is 55.6 cm³/mol. The van der Waals surface area contributed by atoms with Crippen molar-refractivity contribution in [1.82, 2.24) is 4.57 Å². The smallest absolute Gasteiger partial charge is 0.354 e. The molecule has 1 unspecified atom stereocenters. The number of aromatic nitrogens is 1. The Balaban J connectivity index is 2.99. The molecule has 15 heavy (non-hydrogen) atoms. The number of hydrogen-bond acceptors (Lipinski definition) is 4. The SMILES string of the molecule is COC(=O)c1cc(C(CN)CO)cn1C. The second-order valence-corrected chi connectivity index (χ2v) is 3.38. The maximum absolute atomic E-state index is 11.3. The Kier molecular flexibility index (Phi) is 3.88. The lowest BCUT2D eigenvalue weighted by molar-refractivity contribution is 0.0590. The van der Waals surface area contributed by atoms with Gasteiger partial charge in [-0.1, -0.05) is 0 Å². The van der Waals surface area contributed by atoms with Crippen molar-refractivity contribution < 1.29 is 14.6 Å². The lowest BCUT2D eigenvalue weighted by Gasteiger charge is -2.07. The molecule has 1 rings (SSSR count). The number of aryl methyl sites for hydroxylation is 1. The highest BCUT2D eigenvalue weighted by molar-refractivity contribution is 5.87. The molecule has 0 aliphatic heterocycles. The van der Waals surface area contributed by atoms with Crippen molar-refractivity contribution in [2.24, 2.45) is 12.8 Å². The molecular weight excluding hydrogens is 196 g/mol. The number of nitrogens with two attached hydrogens (primary N) is 1. The van der Waals surface area contributed by atoms with Gasteiger partial charge in [0.25, 0.3) is 0 Å². The van der Waals surface area contributed by atoms with Gasteiger partial charge in [0.1, 0.15) is 5.69 Å². The number of aliphatic hydroxyl groups excluding tert-OH is 1. The number of hydrogen-bond donors (Lipinski definition) is 2. The average molecular weight is 212 g/mol. The van der Waals surface area contributed by atoms with E-state index in [1.54, 1.807) is 23.9 Å². The van der Waals surface area contributed by atoms with E-state index >= 15 is 0 Å². The molecule has 0 aromatic carbocycles. The van der Waals surface area contributed by atoms with Crippen LogP contribution in [0.4, 0.5) is 0 Å². The van der Waals surface area contributed by atoms with Gasteiger partial charge in [-0.15, -0.1) is 0 Å². The van der Waals surface area contributed by atoms with Crippen LogP contribution >= 0.6 is 0 Å². The van der Waals surface area contributed by atoms with Crippen LogP contribution < -0.4 is 5.73 Å². The normalized spacial score (nSPS) is 12.5. The minimum Gasteiger partial charge on any atom is -0.464 e. The van der Waals surface area contributed by atoms with Crippen LogP contribution in [0.2, 0.25) is 0 Å². The van der Waals surface area contributed by atoms with Gasteiger partial charge in [-0.2, -0.15) is 0 Å². The summed E-state index contributed by atoms with van der Waals surface area (Å²) in [7, 11) is 3.09. The summed E-state index contributed by atoms with van der Waals surface area (Å²) in [5.41, 5.74) is 6.81. The monoisotopic (exact) mass is 212 g/mol. The number of aliphatic hydroxyl groups is 1. The van der Waals surface area contributed by atoms with Crippen LogP contribution in [-0.4, -0.2) is 35.9 Å². The highest BCUT2D eigenvalue weighted by atomic mass is 16.5. The summed E-state index contributed by atoms with van der Waals surface area (Å²) in [5, 5.41) is 9.07. The maximum atomic E-state index is 11.3. The second-order valence-electron chi connectivity index (χ2n) is 3.38. The number of ether oxygens (including phenoxy) is 1. The van der Waals surface area contributed by atoms with Crippen molar-refractivity contribution in [3.8, 4) is 0 Å². The van der Waals surface area contributed by atoms with Crippen LogP contribution in [0, 0.1) is 0 Å². The van der Waals surface area contributed by atoms with Crippen LogP contribution in [-0.2, 0) is 11.8 Å². The molecule has 3 N–H and O–H groups in total. The first-order valence-corrected chi connectivity index (χ1v) is 4.69. The fourth-order valence-corrected chi connectivity index (χ4v) is 1.44. The van der Waals surface area contributed by atoms with Crippen LogP contribution in [0.15, 0.2) is 12.3 Å². The van der Waals surface area contributed by atoms with Gasteiger partial charge in [0, 0.05) is 25.7 Å². The van der Waals surface area contributed by atoms with Crippen LogP contribution in [0.1, 0.15) is 22.0 Å². The minimum atomic E-state index is -0.391. The van der Waals surface area contributed by atoms with Crippen molar-refractivity contribution in [3.05, 3.63) is 23.5 Å². The molecular formula is C10H16N2O3. The molecule has 1 atom stereocenters. The van der Waals surface area contributed by atoms with E-state index in [0.29, 0.717) is 12.2 Å². The Morgan fingerprint density at radius 3 is 2.87 bits per heavy atom. The first kappa shape index (κ1) is 11.7. The summed E-state index contributed by atoms with van der Waals surface area (Å²) in [6.45, 7) is 0.322. The third kappa shape index (κ3) is 2.37. The summed E-state index contributed by atoms with van der Waals surface area (Å²) in [6, 6.07) is 1.69. The summed E-state index contributed by atoms with van der Waals surface area (Å²) >= 11 is 0. The fraction of sp³-hybridized carbons (Fsp3) is 0.500. The topological polar surface area (TPSA) is 77.5 Å². The number of carbonyl (C=O) groups is 1. The second kappa shape index (κ2) is 4.95. The van der Waals surface area contributed by atoms with Gasteiger partial charge in [0.2, 0.25) is 0 Å². The summed E-state index contributed by atoms with van der Waals surface area (Å²) in [5.74, 6) is -0.521. The number of esters is 1. The zero-order chi connectivity index (χ0) is 11.4. The zero-order valence-corrected chi connectivity index (χ0v) is 8.93. The summed E-state index contributed by atoms with van der Waals surface area (Å²) in [4.78, 5) is 11.3. The molecule has 0 saturated heterocycles. The third-order valence-electron chi connectivity index (χ3n) is 2.40. The lowest BCUT2D eigenvalue weighted by atomic mass is 10.0. The highest BCUT2D eigenvalue weighted by Crippen LogP contribution is 2.17. The zero-order valence-electron chi connectivity index (χ0n) is 8.93. The van der Waals surface area contributed by atoms with Gasteiger partial charge < -0.3 is 20.1 Å². The Morgan fingerprint density at radius 1 is 1.73 bits per heavy atom. The number of rotatable bonds is 4. The highest BCUT2D eigenvalue weighted by Gasteiger charge is 2.16. The minimum absolute atomic E-state index is 0.0267. The molecule has 0 aliphatic rings. The first-order chi connectivity index (χ1) is 7.13. The van der Waals surface area contributed by atoms with E-state index in [1.807, 2.05) is 0 Å². The third-order valence-corrected chi connectivity index (χ3v) is 2.40. The molecule has 0 radical (unpaired) electrons. The molecule has 0 aliphatic carbocycles. The molecule has 0 bridgehead atoms. The van der Waals surface area contributed by atoms with E-state index < -0.39 is 5.97 Å². The molecule has 0 amide bonds. The van der Waals surface area contributed by atoms with Gasteiger partial charge >= 0.3 is 5.97 Å². The molecule has 0 fully saturated rings. The van der Waals surface area contributed by atoms with Crippen molar-refractivity contribution in [3.63, 3.8) is 0 Å². The van der Waals surface area contributed by atoms with Crippen LogP contribution in [0.3, 0.4) is 0 Å². The van der Waals surface area contributed by atoms with Crippen molar-refractivity contribution >= 4 is 5.97 Å². The Labute approximate surface area is 88.4 Å². The van der Waals surface area contributed by atoms with Crippen molar-refractivity contribution in [1.29, 1.82) is 0 Å². The Morgan fingerprint density at radius 2 is 2.40 bits per heavy atom. The molecule has 1 aromatic rings. The molecule has 0 saturated carbocycles. The number of nitrogens with zero attached hydrogens (tertiary/aromatic N) is 1. The van der Waals surface area contributed by atoms with Crippen LogP contribution in [0.25, 0.3) is 0 Å². The molecule has 1 aromatic heterocycles. The maximum Gasteiger partial charge on any atom is 0.354 e. The average Bonchev–Trinajstić information content (AvgIpc) is 2.61. The van der Waals surface area contributed by atoms with E-state index in [0.717, 1.165) is 5.56 Å². The van der Waals surface area contributed by atoms with Crippen molar-refractivity contribution in [2.45, 2.75) is 5.92 Å². The molecule has 1 heterocycles. The van der Waals surface area contributed by atoms with Gasteiger partial charge in [0.15, 0.2) is 0 Å². The van der Waals surface area contributed by atoms with Gasteiger partial charge in [-0.3, -0.25) is 0 Å². The Hall–Kier alpha value is -1.33. The first-order valence-electron chi connectivity index (χ1n) is 4.69. The van der Waals surface area contributed by atoms with E-state index in [1.165, 1.54) is 7.11 Å². The molecule has 84 valence electrons. The lowest BCUT2D eigenvalue weighted by Crippen LogP contribution is -2.15. The largest absolute Gasteiger partial charge is 0.464 e. The number of methoxy groups -OCH3 is 1. The molecule has 0 spiro atoms. The van der Waals surface area contributed by atoms with Crippen molar-refractivity contribution in [2.75, 3.05) is 20.3 Å². The molecule has 5 nitrogen and oxygen atoms in total. The summed E-state index contributed by atoms with van der Waals surface area (Å²) in [6.07, 6.45) is 1.78. The molecule has 5 heteroatoms. The van der Waals surface area contributed by atoms with E-state index in [2.05, 4.69) is 4.74 Å². The van der Waals surface area contributed by atoms with Gasteiger partial charge in [0.05, 0.1) is 13.7 Å². The fourth-order valence-electron chi connectivity index (χ4n) is 1.44. The standard InChI is InChI=1S/C10H16N2O3/c1-12-5-7(8(4-11)6-13)3-9(12)10(14)15-2/h3,5,8,13H,4,6,11H2,1-2H3. The summed E-state index contributed by atoms with van der Waals surface area (Å²) < 4.78 is 6.29. The number of carbonyl (C=O) groups excluding carboxylic acids is 1. The van der Waals surface area contributed by atoms with E-state index in [4.69, 9.17) is 10.8 Å². The Bertz CT molecular complexity index is 342. The van der Waals surface area contributed by atoms with Crippen LogP contribution in [0.5, 0.6) is 0 Å². The predicted octanol–water partition coefficient (Wildman–Crippen LogP) is -0.154. The van der Waals surface area contributed by atoms with Gasteiger partial charge in [-0.05, 0) is 11.6 Å². The van der Waals surface area contributed by atoms with E-state index in [-0.39, 0.29) is 12.5 Å². The van der Waals surface area contributed by atoms with E-state index in [9.17, 15) is 4.79 Å². The quantitative estimate of drug-likeness (QED) is 0.680. The van der Waals surface area contributed by atoms with Gasteiger partial charge in [-0.25, -0.2) is 4.79 Å².